The summed E-state index contributed by atoms with van der Waals surface area (Å²) in [5.74, 6) is 0.571. The molecule has 2 unspecified atom stereocenters. The Balaban J connectivity index is 1.82. The molecule has 6 heteroatoms. The predicted molar refractivity (Wildman–Crippen MR) is 76.1 cm³/mol. The average molecular weight is 290 g/mol. The first-order valence-corrected chi connectivity index (χ1v) is 8.92. The number of nitrogens with zero attached hydrogens (tertiary/aromatic N) is 1. The van der Waals surface area contributed by atoms with Crippen molar-refractivity contribution in [2.45, 2.75) is 44.9 Å². The Morgan fingerprint density at radius 3 is 2.79 bits per heavy atom. The van der Waals surface area contributed by atoms with Crippen molar-refractivity contribution in [3.8, 4) is 0 Å². The van der Waals surface area contributed by atoms with E-state index >= 15 is 0 Å². The van der Waals surface area contributed by atoms with Crippen molar-refractivity contribution < 1.29 is 13.2 Å². The summed E-state index contributed by atoms with van der Waals surface area (Å²) in [4.78, 5) is 2.39. The molecule has 0 aromatic heterocycles. The molecule has 0 aromatic rings. The molecule has 1 N–H and O–H groups in total. The van der Waals surface area contributed by atoms with Gasteiger partial charge in [0.05, 0.1) is 23.2 Å². The van der Waals surface area contributed by atoms with Crippen LogP contribution < -0.4 is 5.32 Å². The first kappa shape index (κ1) is 15.2. The molecule has 0 radical (unpaired) electrons. The van der Waals surface area contributed by atoms with Crippen LogP contribution in [0.15, 0.2) is 0 Å². The maximum Gasteiger partial charge on any atom is 0.153 e. The molecular weight excluding hydrogens is 264 g/mol. The zero-order valence-electron chi connectivity index (χ0n) is 12.2. The number of hydrogen-bond donors (Lipinski definition) is 1. The maximum absolute atomic E-state index is 11.6. The minimum absolute atomic E-state index is 0.107. The largest absolute Gasteiger partial charge is 0.370 e. The summed E-state index contributed by atoms with van der Waals surface area (Å²) in [6.45, 7) is 9.69. The number of sulfone groups is 1. The van der Waals surface area contributed by atoms with E-state index in [0.29, 0.717) is 6.54 Å². The molecule has 2 atom stereocenters. The Hall–Kier alpha value is -0.170. The Kier molecular flexibility index (Phi) is 4.55. The summed E-state index contributed by atoms with van der Waals surface area (Å²) in [6.07, 6.45) is 1.13. The fourth-order valence-electron chi connectivity index (χ4n) is 3.15. The van der Waals surface area contributed by atoms with Crippen LogP contribution in [-0.4, -0.2) is 68.7 Å². The lowest BCUT2D eigenvalue weighted by atomic mass is 10.0. The molecule has 112 valence electrons. The summed E-state index contributed by atoms with van der Waals surface area (Å²) < 4.78 is 29.1. The third-order valence-corrected chi connectivity index (χ3v) is 5.47. The zero-order valence-corrected chi connectivity index (χ0v) is 13.0. The smallest absolute Gasteiger partial charge is 0.153 e. The first-order valence-electron chi connectivity index (χ1n) is 7.10. The maximum atomic E-state index is 11.6. The fraction of sp³-hybridized carbons (Fsp3) is 1.00. The second-order valence-electron chi connectivity index (χ2n) is 6.48. The fourth-order valence-corrected chi connectivity index (χ4v) is 4.64. The van der Waals surface area contributed by atoms with Gasteiger partial charge in [-0.2, -0.15) is 0 Å². The number of nitrogens with one attached hydrogen (secondary N) is 1. The van der Waals surface area contributed by atoms with Gasteiger partial charge in [0.1, 0.15) is 0 Å². The first-order chi connectivity index (χ1) is 8.76. The van der Waals surface area contributed by atoms with E-state index in [4.69, 9.17) is 4.74 Å². The Morgan fingerprint density at radius 1 is 1.42 bits per heavy atom. The van der Waals surface area contributed by atoms with E-state index in [2.05, 4.69) is 31.0 Å². The Labute approximate surface area is 116 Å². The molecule has 0 aliphatic carbocycles. The molecular formula is C13H26N2O3S. The second-order valence-corrected chi connectivity index (χ2v) is 8.71. The van der Waals surface area contributed by atoms with Crippen LogP contribution in [-0.2, 0) is 14.6 Å². The van der Waals surface area contributed by atoms with Gasteiger partial charge in [0.2, 0.25) is 0 Å². The lowest BCUT2D eigenvalue weighted by Gasteiger charge is -2.42. The van der Waals surface area contributed by atoms with E-state index < -0.39 is 9.84 Å². The molecule has 0 amide bonds. The van der Waals surface area contributed by atoms with Gasteiger partial charge in [-0.15, -0.1) is 0 Å². The molecule has 2 aliphatic rings. The van der Waals surface area contributed by atoms with Crippen LogP contribution in [0.1, 0.15) is 27.2 Å². The summed E-state index contributed by atoms with van der Waals surface area (Å²) >= 11 is 0. The molecule has 0 spiro atoms. The normalized spacial score (nSPS) is 35.1. The Morgan fingerprint density at radius 2 is 2.16 bits per heavy atom. The molecule has 2 heterocycles. The average Bonchev–Trinajstić information content (AvgIpc) is 2.22. The third-order valence-electron chi connectivity index (χ3n) is 3.73. The quantitative estimate of drug-likeness (QED) is 0.808. The van der Waals surface area contributed by atoms with Crippen molar-refractivity contribution >= 4 is 9.84 Å². The van der Waals surface area contributed by atoms with Gasteiger partial charge in [0, 0.05) is 25.7 Å². The van der Waals surface area contributed by atoms with Crippen LogP contribution in [0, 0.1) is 0 Å². The summed E-state index contributed by atoms with van der Waals surface area (Å²) in [5.41, 5.74) is -0.107. The van der Waals surface area contributed by atoms with Crippen LogP contribution in [0.4, 0.5) is 0 Å². The molecule has 5 nitrogen and oxygen atoms in total. The van der Waals surface area contributed by atoms with Gasteiger partial charge in [-0.25, -0.2) is 8.42 Å². The van der Waals surface area contributed by atoms with Crippen molar-refractivity contribution in [3.63, 3.8) is 0 Å². The molecule has 2 fully saturated rings. The topological polar surface area (TPSA) is 58.6 Å². The van der Waals surface area contributed by atoms with Gasteiger partial charge in [-0.1, -0.05) is 0 Å². The minimum atomic E-state index is -2.82. The molecule has 0 bridgehead atoms. The molecule has 2 saturated heterocycles. The Bertz CT molecular complexity index is 408. The van der Waals surface area contributed by atoms with Crippen LogP contribution >= 0.6 is 0 Å². The minimum Gasteiger partial charge on any atom is -0.370 e. The van der Waals surface area contributed by atoms with Crippen LogP contribution in [0.3, 0.4) is 0 Å². The summed E-state index contributed by atoms with van der Waals surface area (Å²) in [6, 6.07) is 0.111. The van der Waals surface area contributed by atoms with Gasteiger partial charge in [0.25, 0.3) is 0 Å². The van der Waals surface area contributed by atoms with Crippen molar-refractivity contribution in [1.82, 2.24) is 10.2 Å². The van der Waals surface area contributed by atoms with Gasteiger partial charge in [-0.3, -0.25) is 4.90 Å². The van der Waals surface area contributed by atoms with E-state index in [-0.39, 0.29) is 29.3 Å². The number of hydrogen-bond acceptors (Lipinski definition) is 5. The lowest BCUT2D eigenvalue weighted by Crippen LogP contribution is -2.53. The van der Waals surface area contributed by atoms with Crippen molar-refractivity contribution in [2.75, 3.05) is 37.7 Å². The predicted octanol–water partition coefficient (Wildman–Crippen LogP) is 0.262. The van der Waals surface area contributed by atoms with E-state index in [1.807, 2.05) is 0 Å². The standard InChI is InChI=1S/C13H26N2O3S/c1-11-8-15(10-13(2,3)18-11)6-4-12-9-19(16,17)7-5-14-12/h11-12,14H,4-10H2,1-3H3. The number of rotatable bonds is 3. The van der Waals surface area contributed by atoms with Gasteiger partial charge < -0.3 is 10.1 Å². The van der Waals surface area contributed by atoms with Gasteiger partial charge in [-0.05, 0) is 33.7 Å². The number of ether oxygens (including phenoxy) is 1. The van der Waals surface area contributed by atoms with Crippen molar-refractivity contribution in [3.05, 3.63) is 0 Å². The molecule has 2 aliphatic heterocycles. The molecule has 0 aromatic carbocycles. The van der Waals surface area contributed by atoms with Crippen molar-refractivity contribution in [2.24, 2.45) is 0 Å². The molecule has 0 saturated carbocycles. The van der Waals surface area contributed by atoms with E-state index in [0.717, 1.165) is 26.1 Å². The van der Waals surface area contributed by atoms with Crippen LogP contribution in [0.5, 0.6) is 0 Å². The highest BCUT2D eigenvalue weighted by molar-refractivity contribution is 7.91. The molecule has 2 rings (SSSR count). The lowest BCUT2D eigenvalue weighted by molar-refractivity contribution is -0.129. The highest BCUT2D eigenvalue weighted by atomic mass is 32.2. The van der Waals surface area contributed by atoms with Crippen LogP contribution in [0.25, 0.3) is 0 Å². The monoisotopic (exact) mass is 290 g/mol. The zero-order chi connectivity index (χ0) is 14.1. The number of morpholine rings is 1. The van der Waals surface area contributed by atoms with Crippen LogP contribution in [0.2, 0.25) is 0 Å². The highest BCUT2D eigenvalue weighted by Crippen LogP contribution is 2.21. The summed E-state index contributed by atoms with van der Waals surface area (Å²) in [7, 11) is -2.82. The van der Waals surface area contributed by atoms with E-state index in [1.54, 1.807) is 0 Å². The van der Waals surface area contributed by atoms with Crippen molar-refractivity contribution in [1.29, 1.82) is 0 Å². The second kappa shape index (κ2) is 5.68. The highest BCUT2D eigenvalue weighted by Gasteiger charge is 2.32. The molecule has 19 heavy (non-hydrogen) atoms. The summed E-state index contributed by atoms with van der Waals surface area (Å²) in [5, 5.41) is 3.31. The van der Waals surface area contributed by atoms with E-state index in [9.17, 15) is 8.42 Å². The third kappa shape index (κ3) is 4.70. The van der Waals surface area contributed by atoms with Gasteiger partial charge >= 0.3 is 0 Å². The SMILES string of the molecule is CC1CN(CCC2CS(=O)(=O)CCN2)CC(C)(C)O1. The van der Waals surface area contributed by atoms with E-state index in [1.165, 1.54) is 0 Å². The van der Waals surface area contributed by atoms with Gasteiger partial charge in [0.15, 0.2) is 9.84 Å².